The highest BCUT2D eigenvalue weighted by Gasteiger charge is 2.13. The second kappa shape index (κ2) is 8.02. The van der Waals surface area contributed by atoms with E-state index in [1.807, 2.05) is 5.01 Å². The summed E-state index contributed by atoms with van der Waals surface area (Å²) in [6.45, 7) is 3.60. The number of halogens is 2. The van der Waals surface area contributed by atoms with Gasteiger partial charge in [-0.15, -0.1) is 0 Å². The standard InChI is InChI=1S/C13H18Cl2N2O3/c14-10-1-2-12(15)13(7-10)20-9-11(18)8-16-17-3-5-19-6-4-17/h1-2,7,11,16,18H,3-6,8-9H2. The lowest BCUT2D eigenvalue weighted by molar-refractivity contribution is -0.000786. The summed E-state index contributed by atoms with van der Waals surface area (Å²) in [5.41, 5.74) is 3.15. The van der Waals surface area contributed by atoms with Crippen LogP contribution in [0.15, 0.2) is 18.2 Å². The van der Waals surface area contributed by atoms with Gasteiger partial charge in [-0.2, -0.15) is 0 Å². The molecule has 1 saturated heterocycles. The molecule has 20 heavy (non-hydrogen) atoms. The highest BCUT2D eigenvalue weighted by Crippen LogP contribution is 2.27. The summed E-state index contributed by atoms with van der Waals surface area (Å²) in [4.78, 5) is 0. The average Bonchev–Trinajstić information content (AvgIpc) is 2.47. The number of aliphatic hydroxyl groups is 1. The van der Waals surface area contributed by atoms with Gasteiger partial charge in [0.2, 0.25) is 0 Å². The molecule has 1 unspecified atom stereocenters. The van der Waals surface area contributed by atoms with Crippen LogP contribution in [0.25, 0.3) is 0 Å². The number of rotatable bonds is 6. The molecule has 0 aliphatic carbocycles. The first-order chi connectivity index (χ1) is 9.65. The molecule has 1 aromatic carbocycles. The summed E-state index contributed by atoms with van der Waals surface area (Å²) in [7, 11) is 0. The lowest BCUT2D eigenvalue weighted by atomic mass is 10.3. The molecule has 1 heterocycles. The Kier molecular flexibility index (Phi) is 6.35. The Morgan fingerprint density at radius 1 is 1.35 bits per heavy atom. The monoisotopic (exact) mass is 320 g/mol. The van der Waals surface area contributed by atoms with Gasteiger partial charge in [0, 0.05) is 30.7 Å². The van der Waals surface area contributed by atoms with Crippen LogP contribution in [0.5, 0.6) is 5.75 Å². The van der Waals surface area contributed by atoms with Crippen LogP contribution in [0.4, 0.5) is 0 Å². The number of hydrazine groups is 1. The first kappa shape index (κ1) is 15.8. The predicted octanol–water partition coefficient (Wildman–Crippen LogP) is 1.57. The van der Waals surface area contributed by atoms with E-state index < -0.39 is 6.10 Å². The molecule has 0 amide bonds. The third-order valence-corrected chi connectivity index (χ3v) is 3.43. The van der Waals surface area contributed by atoms with E-state index in [0.717, 1.165) is 13.1 Å². The minimum absolute atomic E-state index is 0.150. The van der Waals surface area contributed by atoms with Gasteiger partial charge >= 0.3 is 0 Å². The van der Waals surface area contributed by atoms with Crippen molar-refractivity contribution in [3.8, 4) is 5.75 Å². The van der Waals surface area contributed by atoms with E-state index in [-0.39, 0.29) is 6.61 Å². The second-order valence-electron chi connectivity index (χ2n) is 4.50. The van der Waals surface area contributed by atoms with Crippen molar-refractivity contribution in [2.24, 2.45) is 0 Å². The summed E-state index contributed by atoms with van der Waals surface area (Å²) in [6.07, 6.45) is -0.632. The lowest BCUT2D eigenvalue weighted by Gasteiger charge is -2.28. The van der Waals surface area contributed by atoms with Crippen LogP contribution in [0, 0.1) is 0 Å². The first-order valence-electron chi connectivity index (χ1n) is 6.47. The molecule has 7 heteroatoms. The van der Waals surface area contributed by atoms with Crippen molar-refractivity contribution in [1.29, 1.82) is 0 Å². The fourth-order valence-electron chi connectivity index (χ4n) is 1.79. The van der Waals surface area contributed by atoms with Gasteiger partial charge in [0.1, 0.15) is 18.5 Å². The Morgan fingerprint density at radius 2 is 2.10 bits per heavy atom. The van der Waals surface area contributed by atoms with E-state index in [1.54, 1.807) is 18.2 Å². The number of benzene rings is 1. The zero-order chi connectivity index (χ0) is 14.4. The molecule has 2 N–H and O–H groups in total. The fourth-order valence-corrected chi connectivity index (χ4v) is 2.12. The first-order valence-corrected chi connectivity index (χ1v) is 7.23. The minimum atomic E-state index is -0.632. The predicted molar refractivity (Wildman–Crippen MR) is 78.4 cm³/mol. The van der Waals surface area contributed by atoms with Gasteiger partial charge in [-0.3, -0.25) is 5.43 Å². The molecule has 1 aromatic rings. The van der Waals surface area contributed by atoms with Crippen molar-refractivity contribution in [3.63, 3.8) is 0 Å². The van der Waals surface area contributed by atoms with Gasteiger partial charge < -0.3 is 14.6 Å². The van der Waals surface area contributed by atoms with Gasteiger partial charge in [0.05, 0.1) is 18.2 Å². The molecular formula is C13H18Cl2N2O3. The average molecular weight is 321 g/mol. The van der Waals surface area contributed by atoms with Crippen molar-refractivity contribution < 1.29 is 14.6 Å². The number of morpholine rings is 1. The SMILES string of the molecule is OC(CNN1CCOCC1)COc1cc(Cl)ccc1Cl. The summed E-state index contributed by atoms with van der Waals surface area (Å²) in [5, 5.41) is 12.9. The molecule has 0 bridgehead atoms. The summed E-state index contributed by atoms with van der Waals surface area (Å²) < 4.78 is 10.7. The summed E-state index contributed by atoms with van der Waals surface area (Å²) in [5.74, 6) is 0.476. The van der Waals surface area contributed by atoms with Gasteiger partial charge in [-0.05, 0) is 12.1 Å². The molecule has 0 radical (unpaired) electrons. The molecule has 5 nitrogen and oxygen atoms in total. The largest absolute Gasteiger partial charge is 0.489 e. The Labute approximate surface area is 128 Å². The highest BCUT2D eigenvalue weighted by atomic mass is 35.5. The zero-order valence-electron chi connectivity index (χ0n) is 11.0. The van der Waals surface area contributed by atoms with Crippen LogP contribution < -0.4 is 10.2 Å². The number of hydrogen-bond donors (Lipinski definition) is 2. The van der Waals surface area contributed by atoms with Crippen LogP contribution in [-0.4, -0.2) is 55.7 Å². The maximum atomic E-state index is 9.88. The van der Waals surface area contributed by atoms with Gasteiger partial charge in [0.15, 0.2) is 0 Å². The Morgan fingerprint density at radius 3 is 2.85 bits per heavy atom. The third kappa shape index (κ3) is 5.09. The molecule has 1 fully saturated rings. The molecule has 1 atom stereocenters. The summed E-state index contributed by atoms with van der Waals surface area (Å²) in [6, 6.07) is 4.98. The van der Waals surface area contributed by atoms with E-state index in [0.29, 0.717) is 35.6 Å². The van der Waals surface area contributed by atoms with E-state index in [4.69, 9.17) is 32.7 Å². The van der Waals surface area contributed by atoms with Crippen molar-refractivity contribution in [3.05, 3.63) is 28.2 Å². The van der Waals surface area contributed by atoms with Crippen LogP contribution in [0.1, 0.15) is 0 Å². The molecule has 1 aliphatic heterocycles. The Bertz CT molecular complexity index is 428. The molecule has 2 rings (SSSR count). The lowest BCUT2D eigenvalue weighted by Crippen LogP contribution is -2.48. The van der Waals surface area contributed by atoms with E-state index in [2.05, 4.69) is 5.43 Å². The summed E-state index contributed by atoms with van der Waals surface area (Å²) >= 11 is 11.8. The quantitative estimate of drug-likeness (QED) is 0.833. The molecule has 112 valence electrons. The third-order valence-electron chi connectivity index (χ3n) is 2.89. The fraction of sp³-hybridized carbons (Fsp3) is 0.538. The smallest absolute Gasteiger partial charge is 0.139 e. The number of nitrogens with zero attached hydrogens (tertiary/aromatic N) is 1. The molecule has 0 aromatic heterocycles. The number of aliphatic hydroxyl groups excluding tert-OH is 1. The van der Waals surface area contributed by atoms with Crippen LogP contribution >= 0.6 is 23.2 Å². The maximum absolute atomic E-state index is 9.88. The van der Waals surface area contributed by atoms with Crippen LogP contribution in [-0.2, 0) is 4.74 Å². The minimum Gasteiger partial charge on any atom is -0.489 e. The number of ether oxygens (including phenoxy) is 2. The molecular weight excluding hydrogens is 303 g/mol. The second-order valence-corrected chi connectivity index (χ2v) is 5.34. The topological polar surface area (TPSA) is 54.0 Å². The van der Waals surface area contributed by atoms with Crippen molar-refractivity contribution in [2.75, 3.05) is 39.5 Å². The number of hydrogen-bond acceptors (Lipinski definition) is 5. The normalized spacial score (nSPS) is 17.9. The molecule has 0 saturated carbocycles. The van der Waals surface area contributed by atoms with E-state index in [9.17, 15) is 5.11 Å². The Hall–Kier alpha value is -0.560. The van der Waals surface area contributed by atoms with Gasteiger partial charge in [0.25, 0.3) is 0 Å². The Balaban J connectivity index is 1.71. The van der Waals surface area contributed by atoms with Crippen molar-refractivity contribution in [1.82, 2.24) is 10.4 Å². The number of nitrogens with one attached hydrogen (secondary N) is 1. The van der Waals surface area contributed by atoms with Crippen LogP contribution in [0.2, 0.25) is 10.0 Å². The molecule has 1 aliphatic rings. The van der Waals surface area contributed by atoms with E-state index >= 15 is 0 Å². The molecule has 0 spiro atoms. The zero-order valence-corrected chi connectivity index (χ0v) is 12.5. The van der Waals surface area contributed by atoms with Crippen LogP contribution in [0.3, 0.4) is 0 Å². The highest BCUT2D eigenvalue weighted by molar-refractivity contribution is 6.34. The van der Waals surface area contributed by atoms with E-state index in [1.165, 1.54) is 0 Å². The van der Waals surface area contributed by atoms with Crippen molar-refractivity contribution in [2.45, 2.75) is 6.10 Å². The van der Waals surface area contributed by atoms with Crippen molar-refractivity contribution >= 4 is 23.2 Å². The van der Waals surface area contributed by atoms with Gasteiger partial charge in [-0.1, -0.05) is 23.2 Å². The van der Waals surface area contributed by atoms with Gasteiger partial charge in [-0.25, -0.2) is 5.01 Å². The maximum Gasteiger partial charge on any atom is 0.139 e.